The number of carbonyl (C=O) groups is 1. The van der Waals surface area contributed by atoms with Crippen molar-refractivity contribution in [2.45, 2.75) is 63.3 Å². The van der Waals surface area contributed by atoms with Gasteiger partial charge in [-0.1, -0.05) is 18.2 Å². The number of nitrogens with two attached hydrogens (primary N) is 1. The largest absolute Gasteiger partial charge is 0.496 e. The molecule has 198 valence electrons. The highest BCUT2D eigenvalue weighted by atomic mass is 79.9. The number of nitrogens with zero attached hydrogens (tertiary/aromatic N) is 2. The molecule has 1 saturated carbocycles. The standard InChI is InChI=1S/C26H30BrN3O6S/c1-15-21-23(32)30(26(9-10-26)13-20(28)31)25(33)29(24(21)37-22(15)27)14-19(36-16-7-11-35-12-8-16)17-5-3-4-6-18(17)34-2/h3-6,16,19H,7-14H2,1-2H3,(H2,28,31)/t19-/m0/s1. The van der Waals surface area contributed by atoms with Gasteiger partial charge in [0.15, 0.2) is 0 Å². The fourth-order valence-corrected chi connectivity index (χ4v) is 6.89. The van der Waals surface area contributed by atoms with Gasteiger partial charge in [-0.25, -0.2) is 4.79 Å². The van der Waals surface area contributed by atoms with Crippen LogP contribution < -0.4 is 21.7 Å². The van der Waals surface area contributed by atoms with Crippen LogP contribution in [0.25, 0.3) is 10.2 Å². The molecule has 3 aromatic rings. The number of thiophene rings is 1. The van der Waals surface area contributed by atoms with Crippen molar-refractivity contribution in [3.05, 3.63) is 60.0 Å². The summed E-state index contributed by atoms with van der Waals surface area (Å²) in [6, 6.07) is 7.60. The van der Waals surface area contributed by atoms with E-state index in [9.17, 15) is 14.4 Å². The molecule has 0 unspecified atom stereocenters. The molecule has 1 atom stereocenters. The summed E-state index contributed by atoms with van der Waals surface area (Å²) in [5.41, 5.74) is 5.39. The van der Waals surface area contributed by atoms with Crippen LogP contribution in [0, 0.1) is 6.92 Å². The van der Waals surface area contributed by atoms with E-state index in [1.807, 2.05) is 31.2 Å². The van der Waals surface area contributed by atoms with E-state index < -0.39 is 23.2 Å². The van der Waals surface area contributed by atoms with Gasteiger partial charge < -0.3 is 19.9 Å². The van der Waals surface area contributed by atoms with E-state index in [0.29, 0.717) is 42.0 Å². The molecule has 37 heavy (non-hydrogen) atoms. The van der Waals surface area contributed by atoms with E-state index in [1.54, 1.807) is 11.7 Å². The molecule has 0 radical (unpaired) electrons. The summed E-state index contributed by atoms with van der Waals surface area (Å²) in [5, 5.41) is 0.470. The Morgan fingerprint density at radius 3 is 2.62 bits per heavy atom. The molecule has 1 aliphatic heterocycles. The zero-order valence-corrected chi connectivity index (χ0v) is 23.2. The Morgan fingerprint density at radius 2 is 1.97 bits per heavy atom. The average molecular weight is 593 g/mol. The predicted octanol–water partition coefficient (Wildman–Crippen LogP) is 3.61. The normalized spacial score (nSPS) is 18.1. The summed E-state index contributed by atoms with van der Waals surface area (Å²) < 4.78 is 21.4. The van der Waals surface area contributed by atoms with Crippen molar-refractivity contribution >= 4 is 43.4 Å². The molecule has 1 amide bonds. The molecule has 9 nitrogen and oxygen atoms in total. The molecule has 0 bridgehead atoms. The van der Waals surface area contributed by atoms with Crippen molar-refractivity contribution in [2.24, 2.45) is 5.73 Å². The zero-order valence-electron chi connectivity index (χ0n) is 20.8. The molecule has 1 saturated heterocycles. The minimum atomic E-state index is -0.877. The summed E-state index contributed by atoms with van der Waals surface area (Å²) >= 11 is 4.91. The molecule has 2 aromatic heterocycles. The Kier molecular flexibility index (Phi) is 7.32. The Balaban J connectivity index is 1.68. The van der Waals surface area contributed by atoms with Gasteiger partial charge in [0.25, 0.3) is 5.56 Å². The first kappa shape index (κ1) is 26.1. The summed E-state index contributed by atoms with van der Waals surface area (Å²) in [6.45, 7) is 3.26. The van der Waals surface area contributed by atoms with Crippen molar-refractivity contribution < 1.29 is 19.0 Å². The van der Waals surface area contributed by atoms with Crippen molar-refractivity contribution in [1.29, 1.82) is 0 Å². The number of hydrogen-bond acceptors (Lipinski definition) is 7. The smallest absolute Gasteiger partial charge is 0.332 e. The molecule has 3 heterocycles. The lowest BCUT2D eigenvalue weighted by Gasteiger charge is -2.29. The van der Waals surface area contributed by atoms with Gasteiger partial charge in [-0.3, -0.25) is 18.7 Å². The van der Waals surface area contributed by atoms with Crippen LogP contribution in [0.4, 0.5) is 0 Å². The first-order chi connectivity index (χ1) is 17.8. The van der Waals surface area contributed by atoms with Gasteiger partial charge in [-0.05, 0) is 60.2 Å². The minimum Gasteiger partial charge on any atom is -0.496 e. The number of ether oxygens (including phenoxy) is 3. The van der Waals surface area contributed by atoms with E-state index in [2.05, 4.69) is 15.9 Å². The predicted molar refractivity (Wildman–Crippen MR) is 144 cm³/mol. The van der Waals surface area contributed by atoms with Gasteiger partial charge >= 0.3 is 5.69 Å². The molecule has 0 spiro atoms. The van der Waals surface area contributed by atoms with Crippen molar-refractivity contribution in [3.8, 4) is 5.75 Å². The van der Waals surface area contributed by atoms with Gasteiger partial charge in [-0.2, -0.15) is 0 Å². The molecule has 1 aliphatic carbocycles. The number of methoxy groups -OCH3 is 1. The second-order valence-electron chi connectivity index (χ2n) is 9.76. The van der Waals surface area contributed by atoms with Crippen molar-refractivity contribution in [1.82, 2.24) is 9.13 Å². The SMILES string of the molecule is COc1ccccc1[C@H](Cn1c(=O)n(C2(CC(N)=O)CC2)c(=O)c2c(C)c(Br)sc21)OC1CCOCC1. The highest BCUT2D eigenvalue weighted by molar-refractivity contribution is 9.11. The van der Waals surface area contributed by atoms with E-state index in [1.165, 1.54) is 15.9 Å². The molecular formula is C26H30BrN3O6S. The van der Waals surface area contributed by atoms with Crippen LogP contribution in [-0.2, 0) is 26.4 Å². The van der Waals surface area contributed by atoms with E-state index in [4.69, 9.17) is 19.9 Å². The summed E-state index contributed by atoms with van der Waals surface area (Å²) in [4.78, 5) is 40.2. The van der Waals surface area contributed by atoms with Gasteiger partial charge in [0.05, 0.1) is 40.9 Å². The quantitative estimate of drug-likeness (QED) is 0.406. The Bertz CT molecular complexity index is 1450. The van der Waals surface area contributed by atoms with Crippen LogP contribution in [0.15, 0.2) is 37.6 Å². The Hall–Kier alpha value is -2.47. The zero-order chi connectivity index (χ0) is 26.3. The van der Waals surface area contributed by atoms with Crippen molar-refractivity contribution in [2.75, 3.05) is 20.3 Å². The molecule has 11 heteroatoms. The lowest BCUT2D eigenvalue weighted by atomic mass is 10.1. The number of benzene rings is 1. The first-order valence-corrected chi connectivity index (χ1v) is 14.0. The first-order valence-electron chi connectivity index (χ1n) is 12.3. The van der Waals surface area contributed by atoms with Crippen LogP contribution >= 0.6 is 27.3 Å². The van der Waals surface area contributed by atoms with E-state index >= 15 is 0 Å². The number of halogens is 1. The summed E-state index contributed by atoms with van der Waals surface area (Å²) in [6.07, 6.45) is 2.00. The maximum atomic E-state index is 14.1. The lowest BCUT2D eigenvalue weighted by Crippen LogP contribution is -2.47. The second-order valence-corrected chi connectivity index (χ2v) is 12.1. The van der Waals surface area contributed by atoms with Crippen LogP contribution in [0.1, 0.15) is 49.3 Å². The number of para-hydroxylation sites is 1. The van der Waals surface area contributed by atoms with Crippen LogP contribution in [-0.4, -0.2) is 41.5 Å². The molecule has 2 aliphatic rings. The summed E-state index contributed by atoms with van der Waals surface area (Å²) in [5.74, 6) is 0.126. The third kappa shape index (κ3) is 4.89. The Morgan fingerprint density at radius 1 is 1.27 bits per heavy atom. The van der Waals surface area contributed by atoms with Gasteiger partial charge in [-0.15, -0.1) is 11.3 Å². The number of aryl methyl sites for hydroxylation is 1. The highest BCUT2D eigenvalue weighted by Gasteiger charge is 2.49. The van der Waals surface area contributed by atoms with Crippen LogP contribution in [0.5, 0.6) is 5.75 Å². The molecule has 5 rings (SSSR count). The van der Waals surface area contributed by atoms with E-state index in [0.717, 1.165) is 27.8 Å². The fourth-order valence-electron chi connectivity index (χ4n) is 5.20. The highest BCUT2D eigenvalue weighted by Crippen LogP contribution is 2.45. The number of carbonyl (C=O) groups excluding carboxylic acids is 1. The van der Waals surface area contributed by atoms with E-state index in [-0.39, 0.29) is 24.6 Å². The number of primary amides is 1. The average Bonchev–Trinajstić information content (AvgIpc) is 3.57. The maximum absolute atomic E-state index is 14.1. The molecule has 1 aromatic carbocycles. The summed E-state index contributed by atoms with van der Waals surface area (Å²) in [7, 11) is 1.61. The Labute approximate surface area is 226 Å². The number of hydrogen-bond donors (Lipinski definition) is 1. The topological polar surface area (TPSA) is 115 Å². The number of rotatable bonds is 9. The van der Waals surface area contributed by atoms with Gasteiger partial charge in [0, 0.05) is 18.8 Å². The number of fused-ring (bicyclic) bond motifs is 1. The maximum Gasteiger partial charge on any atom is 0.332 e. The van der Waals surface area contributed by atoms with Crippen LogP contribution in [0.3, 0.4) is 0 Å². The second kappa shape index (κ2) is 10.4. The van der Waals surface area contributed by atoms with Gasteiger partial charge in [0.2, 0.25) is 5.91 Å². The van der Waals surface area contributed by atoms with Crippen molar-refractivity contribution in [3.63, 3.8) is 0 Å². The minimum absolute atomic E-state index is 0.0396. The molecule has 2 fully saturated rings. The van der Waals surface area contributed by atoms with Crippen LogP contribution in [0.2, 0.25) is 0 Å². The third-order valence-corrected chi connectivity index (χ3v) is 9.50. The third-order valence-electron chi connectivity index (χ3n) is 7.32. The number of amides is 1. The van der Waals surface area contributed by atoms with Gasteiger partial charge in [0.1, 0.15) is 16.7 Å². The molecular weight excluding hydrogens is 562 g/mol. The lowest BCUT2D eigenvalue weighted by molar-refractivity contribution is -0.119. The monoisotopic (exact) mass is 591 g/mol. The fraction of sp³-hybridized carbons (Fsp3) is 0.500. The molecule has 2 N–H and O–H groups in total. The number of aromatic nitrogens is 2.